The van der Waals surface area contributed by atoms with Gasteiger partial charge in [-0.15, -0.1) is 0 Å². The van der Waals surface area contributed by atoms with Crippen molar-refractivity contribution in [3.8, 4) is 0 Å². The van der Waals surface area contributed by atoms with E-state index in [1.165, 1.54) is 12.4 Å². The first-order valence-corrected chi connectivity index (χ1v) is 10.2. The second-order valence-electron chi connectivity index (χ2n) is 7.39. The minimum Gasteiger partial charge on any atom is -0.478 e. The molecule has 1 aromatic heterocycles. The molecule has 0 saturated carbocycles. The number of nitrogen functional groups attached to an aromatic ring is 1. The normalized spacial score (nSPS) is 11.8. The second kappa shape index (κ2) is 9.46. The molecule has 3 aromatic carbocycles. The molecule has 0 saturated heterocycles. The van der Waals surface area contributed by atoms with Gasteiger partial charge in [0.05, 0.1) is 23.7 Å². The topological polar surface area (TPSA) is 127 Å². The van der Waals surface area contributed by atoms with Gasteiger partial charge in [-0.2, -0.15) is 0 Å². The van der Waals surface area contributed by atoms with Gasteiger partial charge in [0, 0.05) is 34.9 Å². The van der Waals surface area contributed by atoms with Crippen LogP contribution in [-0.2, 0) is 4.74 Å². The number of nitrogens with one attached hydrogen (secondary N) is 1. The number of carbonyl (C=O) groups is 2. The predicted molar refractivity (Wildman–Crippen MR) is 125 cm³/mol. The average molecular weight is 442 g/mol. The van der Waals surface area contributed by atoms with Crippen molar-refractivity contribution < 1.29 is 19.4 Å². The standard InChI is InChI=1S/C25H22N4O4/c1-33-13-20(29-24-18-11-6-12-19(25(31)32)22(18)27-14-28-24)16-9-5-10-17(21(16)26)23(30)15-7-3-2-4-8-15/h2-12,14,20H,13,26H2,1H3,(H,31,32)(H,27,28,29). The Balaban J connectivity index is 1.74. The van der Waals surface area contributed by atoms with Gasteiger partial charge in [-0.1, -0.05) is 48.5 Å². The lowest BCUT2D eigenvalue weighted by Gasteiger charge is -2.22. The summed E-state index contributed by atoms with van der Waals surface area (Å²) in [6.07, 6.45) is 1.31. The molecule has 0 aliphatic heterocycles. The molecular formula is C25H22N4O4. The first kappa shape index (κ1) is 21.9. The van der Waals surface area contributed by atoms with Gasteiger partial charge in [0.1, 0.15) is 12.1 Å². The van der Waals surface area contributed by atoms with Crippen molar-refractivity contribution in [3.05, 3.63) is 95.3 Å². The number of carboxylic acid groups (broad SMARTS) is 1. The number of methoxy groups -OCH3 is 1. The van der Waals surface area contributed by atoms with Gasteiger partial charge in [0.2, 0.25) is 0 Å². The van der Waals surface area contributed by atoms with Crippen molar-refractivity contribution in [2.24, 2.45) is 0 Å². The monoisotopic (exact) mass is 442 g/mol. The smallest absolute Gasteiger partial charge is 0.337 e. The van der Waals surface area contributed by atoms with Crippen molar-refractivity contribution in [2.45, 2.75) is 6.04 Å². The summed E-state index contributed by atoms with van der Waals surface area (Å²) in [4.78, 5) is 33.1. The number of ether oxygens (including phenoxy) is 1. The number of ketones is 1. The Bertz CT molecular complexity index is 1320. The molecule has 0 radical (unpaired) electrons. The zero-order chi connectivity index (χ0) is 23.4. The molecule has 0 fully saturated rings. The Morgan fingerprint density at radius 1 is 1.00 bits per heavy atom. The van der Waals surface area contributed by atoms with Crippen LogP contribution in [0.25, 0.3) is 10.9 Å². The molecule has 0 aliphatic carbocycles. The summed E-state index contributed by atoms with van der Waals surface area (Å²) >= 11 is 0. The number of aromatic carboxylic acids is 1. The quantitative estimate of drug-likeness (QED) is 0.277. The highest BCUT2D eigenvalue weighted by molar-refractivity contribution is 6.12. The number of nitrogens with two attached hydrogens (primary N) is 1. The molecule has 8 heteroatoms. The molecule has 1 unspecified atom stereocenters. The van der Waals surface area contributed by atoms with Crippen LogP contribution in [0.3, 0.4) is 0 Å². The summed E-state index contributed by atoms with van der Waals surface area (Å²) in [5.41, 5.74) is 8.79. The molecule has 0 aliphatic rings. The summed E-state index contributed by atoms with van der Waals surface area (Å²) in [5, 5.41) is 13.3. The predicted octanol–water partition coefficient (Wildman–Crippen LogP) is 3.94. The third-order valence-electron chi connectivity index (χ3n) is 5.34. The van der Waals surface area contributed by atoms with E-state index in [1.807, 2.05) is 12.1 Å². The number of hydrogen-bond acceptors (Lipinski definition) is 7. The molecule has 4 aromatic rings. The number of fused-ring (bicyclic) bond motifs is 1. The van der Waals surface area contributed by atoms with E-state index in [4.69, 9.17) is 10.5 Å². The molecule has 4 N–H and O–H groups in total. The lowest BCUT2D eigenvalue weighted by Crippen LogP contribution is -2.20. The third-order valence-corrected chi connectivity index (χ3v) is 5.34. The zero-order valence-corrected chi connectivity index (χ0v) is 17.9. The van der Waals surface area contributed by atoms with E-state index in [1.54, 1.807) is 55.6 Å². The van der Waals surface area contributed by atoms with Crippen LogP contribution in [0.1, 0.15) is 37.9 Å². The van der Waals surface area contributed by atoms with Crippen LogP contribution in [0, 0.1) is 0 Å². The van der Waals surface area contributed by atoms with Crippen LogP contribution >= 0.6 is 0 Å². The fourth-order valence-corrected chi connectivity index (χ4v) is 3.75. The SMILES string of the molecule is COCC(Nc1ncnc2c(C(=O)O)cccc12)c1cccc(C(=O)c2ccccc2)c1N. The first-order chi connectivity index (χ1) is 16.0. The van der Waals surface area contributed by atoms with E-state index < -0.39 is 12.0 Å². The summed E-state index contributed by atoms with van der Waals surface area (Å²) in [7, 11) is 1.56. The van der Waals surface area contributed by atoms with Gasteiger partial charge >= 0.3 is 5.97 Å². The maximum Gasteiger partial charge on any atom is 0.337 e. The van der Waals surface area contributed by atoms with Crippen LogP contribution in [0.4, 0.5) is 11.5 Å². The minimum absolute atomic E-state index is 0.0798. The van der Waals surface area contributed by atoms with Crippen LogP contribution in [-0.4, -0.2) is 40.5 Å². The van der Waals surface area contributed by atoms with Crippen molar-refractivity contribution in [1.29, 1.82) is 0 Å². The van der Waals surface area contributed by atoms with Crippen LogP contribution < -0.4 is 11.1 Å². The number of para-hydroxylation sites is 2. The van der Waals surface area contributed by atoms with Crippen molar-refractivity contribution in [3.63, 3.8) is 0 Å². The third kappa shape index (κ3) is 4.37. The van der Waals surface area contributed by atoms with E-state index in [-0.39, 0.29) is 18.0 Å². The number of aromatic nitrogens is 2. The fourth-order valence-electron chi connectivity index (χ4n) is 3.75. The Kier molecular flexibility index (Phi) is 6.28. The molecule has 1 atom stereocenters. The molecular weight excluding hydrogens is 420 g/mol. The van der Waals surface area contributed by atoms with Gasteiger partial charge in [-0.3, -0.25) is 4.79 Å². The number of carboxylic acids is 1. The molecule has 1 heterocycles. The minimum atomic E-state index is -1.07. The van der Waals surface area contributed by atoms with E-state index >= 15 is 0 Å². The van der Waals surface area contributed by atoms with Gasteiger partial charge in [-0.05, 0) is 18.2 Å². The van der Waals surface area contributed by atoms with Crippen molar-refractivity contribution >= 4 is 34.2 Å². The maximum atomic E-state index is 13.0. The highest BCUT2D eigenvalue weighted by Crippen LogP contribution is 2.31. The molecule has 166 valence electrons. The van der Waals surface area contributed by atoms with Crippen LogP contribution in [0.5, 0.6) is 0 Å². The lowest BCUT2D eigenvalue weighted by molar-refractivity contribution is 0.0698. The van der Waals surface area contributed by atoms with Crippen LogP contribution in [0.2, 0.25) is 0 Å². The zero-order valence-electron chi connectivity index (χ0n) is 17.9. The van der Waals surface area contributed by atoms with Crippen LogP contribution in [0.15, 0.2) is 73.1 Å². The van der Waals surface area contributed by atoms with Gasteiger partial charge in [-0.25, -0.2) is 14.8 Å². The Morgan fingerprint density at radius 3 is 2.45 bits per heavy atom. The molecule has 8 nitrogen and oxygen atoms in total. The average Bonchev–Trinajstić information content (AvgIpc) is 2.84. The molecule has 33 heavy (non-hydrogen) atoms. The summed E-state index contributed by atoms with van der Waals surface area (Å²) in [6.45, 7) is 0.233. The number of benzene rings is 3. The Morgan fingerprint density at radius 2 is 1.73 bits per heavy atom. The van der Waals surface area contributed by atoms with Gasteiger partial charge in [0.25, 0.3) is 0 Å². The van der Waals surface area contributed by atoms with Gasteiger partial charge in [0.15, 0.2) is 5.78 Å². The van der Waals surface area contributed by atoms with Gasteiger partial charge < -0.3 is 20.9 Å². The highest BCUT2D eigenvalue weighted by atomic mass is 16.5. The fraction of sp³-hybridized carbons (Fsp3) is 0.120. The van der Waals surface area contributed by atoms with E-state index in [0.717, 1.165) is 0 Å². The number of nitrogens with zero attached hydrogens (tertiary/aromatic N) is 2. The number of rotatable bonds is 8. The molecule has 0 spiro atoms. The van der Waals surface area contributed by atoms with E-state index in [2.05, 4.69) is 15.3 Å². The Hall–Kier alpha value is -4.30. The molecule has 0 amide bonds. The molecule has 0 bridgehead atoms. The number of anilines is 2. The second-order valence-corrected chi connectivity index (χ2v) is 7.39. The lowest BCUT2D eigenvalue weighted by atomic mass is 9.96. The van der Waals surface area contributed by atoms with E-state index in [9.17, 15) is 14.7 Å². The summed E-state index contributed by atoms with van der Waals surface area (Å²) < 4.78 is 5.40. The number of carbonyl (C=O) groups excluding carboxylic acids is 1. The summed E-state index contributed by atoms with van der Waals surface area (Å²) in [5.74, 6) is -0.816. The first-order valence-electron chi connectivity index (χ1n) is 10.2. The largest absolute Gasteiger partial charge is 0.478 e. The van der Waals surface area contributed by atoms with Crippen molar-refractivity contribution in [2.75, 3.05) is 24.8 Å². The number of hydrogen-bond donors (Lipinski definition) is 3. The van der Waals surface area contributed by atoms with Crippen molar-refractivity contribution in [1.82, 2.24) is 9.97 Å². The Labute approximate surface area is 190 Å². The molecule has 4 rings (SSSR count). The highest BCUT2D eigenvalue weighted by Gasteiger charge is 2.22. The maximum absolute atomic E-state index is 13.0. The summed E-state index contributed by atoms with van der Waals surface area (Å²) in [6, 6.07) is 18.6. The van der Waals surface area contributed by atoms with E-state index in [0.29, 0.717) is 39.1 Å².